The molecule has 1 heterocycles. The fourth-order valence-electron chi connectivity index (χ4n) is 2.86. The number of nitriles is 1. The first-order valence-corrected chi connectivity index (χ1v) is 8.47. The molecule has 7 nitrogen and oxygen atoms in total. The number of hydrogen-bond acceptors (Lipinski definition) is 6. The molecule has 1 aliphatic heterocycles. The van der Waals surface area contributed by atoms with E-state index in [1.165, 1.54) is 13.3 Å². The standard InChI is InChI=1S/C19H24N4O3/c1-22-10-8-17(9-11-22)23(2)18(24)15(12-20)13-21-16-6-4-14(5-7-16)19(25)26-3/h4-7,13,17,21H,8-11H2,1-3H3/b15-13-. The van der Waals surface area contributed by atoms with Gasteiger partial charge in [-0.15, -0.1) is 0 Å². The van der Waals surface area contributed by atoms with Gasteiger partial charge in [0.1, 0.15) is 11.6 Å². The molecule has 0 bridgehead atoms. The zero-order valence-electron chi connectivity index (χ0n) is 15.4. The lowest BCUT2D eigenvalue weighted by Crippen LogP contribution is -2.44. The second-order valence-corrected chi connectivity index (χ2v) is 6.33. The van der Waals surface area contributed by atoms with Gasteiger partial charge in [0.05, 0.1) is 12.7 Å². The zero-order valence-corrected chi connectivity index (χ0v) is 15.4. The van der Waals surface area contributed by atoms with E-state index in [1.54, 1.807) is 36.2 Å². The second kappa shape index (κ2) is 9.02. The van der Waals surface area contributed by atoms with Gasteiger partial charge in [-0.25, -0.2) is 4.79 Å². The lowest BCUT2D eigenvalue weighted by Gasteiger charge is -2.34. The molecule has 1 aromatic rings. The molecule has 1 N–H and O–H groups in total. The first kappa shape index (κ1) is 19.5. The molecule has 0 spiro atoms. The van der Waals surface area contributed by atoms with Gasteiger partial charge in [-0.3, -0.25) is 4.79 Å². The topological polar surface area (TPSA) is 85.7 Å². The minimum Gasteiger partial charge on any atom is -0.465 e. The molecule has 1 fully saturated rings. The van der Waals surface area contributed by atoms with Crippen LogP contribution < -0.4 is 5.32 Å². The van der Waals surface area contributed by atoms with Crippen LogP contribution in [0.3, 0.4) is 0 Å². The van der Waals surface area contributed by atoms with Crippen LogP contribution in [0.4, 0.5) is 5.69 Å². The molecule has 1 aromatic carbocycles. The summed E-state index contributed by atoms with van der Waals surface area (Å²) in [7, 11) is 5.13. The number of carbonyl (C=O) groups is 2. The predicted octanol–water partition coefficient (Wildman–Crippen LogP) is 1.85. The predicted molar refractivity (Wildman–Crippen MR) is 98.4 cm³/mol. The number of nitrogens with one attached hydrogen (secondary N) is 1. The van der Waals surface area contributed by atoms with E-state index in [4.69, 9.17) is 0 Å². The van der Waals surface area contributed by atoms with Gasteiger partial charge in [-0.1, -0.05) is 0 Å². The molecule has 7 heteroatoms. The highest BCUT2D eigenvalue weighted by Crippen LogP contribution is 2.17. The van der Waals surface area contributed by atoms with Gasteiger partial charge in [0.2, 0.25) is 0 Å². The third kappa shape index (κ3) is 4.83. The Morgan fingerprint density at radius 2 is 1.92 bits per heavy atom. The van der Waals surface area contributed by atoms with Crippen LogP contribution in [0.1, 0.15) is 23.2 Å². The average molecular weight is 356 g/mol. The van der Waals surface area contributed by atoms with Gasteiger partial charge >= 0.3 is 5.97 Å². The minimum absolute atomic E-state index is 0.0449. The second-order valence-electron chi connectivity index (χ2n) is 6.33. The monoisotopic (exact) mass is 356 g/mol. The Bertz CT molecular complexity index is 713. The zero-order chi connectivity index (χ0) is 19.1. The number of piperidine rings is 1. The molecule has 0 radical (unpaired) electrons. The number of benzene rings is 1. The maximum absolute atomic E-state index is 12.6. The van der Waals surface area contributed by atoms with Crippen LogP contribution in [-0.2, 0) is 9.53 Å². The van der Waals surface area contributed by atoms with Crippen molar-refractivity contribution >= 4 is 17.6 Å². The Morgan fingerprint density at radius 1 is 1.31 bits per heavy atom. The molecule has 0 atom stereocenters. The first-order valence-electron chi connectivity index (χ1n) is 8.47. The first-order chi connectivity index (χ1) is 12.5. The summed E-state index contributed by atoms with van der Waals surface area (Å²) in [6.07, 6.45) is 3.21. The third-order valence-electron chi connectivity index (χ3n) is 4.60. The molecule has 0 unspecified atom stereocenters. The summed E-state index contributed by atoms with van der Waals surface area (Å²) in [5.41, 5.74) is 1.14. The minimum atomic E-state index is -0.417. The lowest BCUT2D eigenvalue weighted by molar-refractivity contribution is -0.128. The molecule has 0 aliphatic carbocycles. The Balaban J connectivity index is 2.01. The number of rotatable bonds is 5. The van der Waals surface area contributed by atoms with Crippen LogP contribution in [0, 0.1) is 11.3 Å². The van der Waals surface area contributed by atoms with E-state index in [-0.39, 0.29) is 17.5 Å². The van der Waals surface area contributed by atoms with Crippen molar-refractivity contribution in [2.45, 2.75) is 18.9 Å². The molecule has 2 rings (SSSR count). The van der Waals surface area contributed by atoms with Crippen LogP contribution >= 0.6 is 0 Å². The molecular formula is C19H24N4O3. The van der Waals surface area contributed by atoms with E-state index in [0.717, 1.165) is 25.9 Å². The molecule has 1 amide bonds. The highest BCUT2D eigenvalue weighted by molar-refractivity contribution is 5.97. The van der Waals surface area contributed by atoms with Crippen molar-refractivity contribution in [3.8, 4) is 6.07 Å². The number of nitrogens with zero attached hydrogens (tertiary/aromatic N) is 3. The van der Waals surface area contributed by atoms with E-state index < -0.39 is 5.97 Å². The average Bonchev–Trinajstić information content (AvgIpc) is 2.68. The van der Waals surface area contributed by atoms with E-state index in [0.29, 0.717) is 11.3 Å². The highest BCUT2D eigenvalue weighted by atomic mass is 16.5. The summed E-state index contributed by atoms with van der Waals surface area (Å²) < 4.78 is 4.65. The van der Waals surface area contributed by atoms with Gasteiger partial charge in [0.25, 0.3) is 5.91 Å². The van der Waals surface area contributed by atoms with Crippen LogP contribution in [0.15, 0.2) is 36.0 Å². The third-order valence-corrected chi connectivity index (χ3v) is 4.60. The molecule has 138 valence electrons. The maximum Gasteiger partial charge on any atom is 0.337 e. The largest absolute Gasteiger partial charge is 0.465 e. The number of likely N-dealkylation sites (tertiary alicyclic amines) is 1. The molecular weight excluding hydrogens is 332 g/mol. The molecule has 0 aromatic heterocycles. The summed E-state index contributed by atoms with van der Waals surface area (Å²) >= 11 is 0. The molecule has 0 saturated carbocycles. The summed E-state index contributed by atoms with van der Waals surface area (Å²) in [6, 6.07) is 8.70. The maximum atomic E-state index is 12.6. The number of hydrogen-bond donors (Lipinski definition) is 1. The number of methoxy groups -OCH3 is 1. The van der Waals surface area contributed by atoms with Gasteiger partial charge < -0.3 is 19.9 Å². The Hall–Kier alpha value is -2.85. The molecule has 26 heavy (non-hydrogen) atoms. The Morgan fingerprint density at radius 3 is 2.46 bits per heavy atom. The highest BCUT2D eigenvalue weighted by Gasteiger charge is 2.25. The number of anilines is 1. The fraction of sp³-hybridized carbons (Fsp3) is 0.421. The van der Waals surface area contributed by atoms with Crippen molar-refractivity contribution in [2.75, 3.05) is 39.6 Å². The fourth-order valence-corrected chi connectivity index (χ4v) is 2.86. The van der Waals surface area contributed by atoms with Crippen molar-refractivity contribution in [1.82, 2.24) is 9.80 Å². The SMILES string of the molecule is COC(=O)c1ccc(N/C=C(/C#N)C(=O)N(C)C2CCN(C)CC2)cc1. The number of carbonyl (C=O) groups excluding carboxylic acids is 2. The van der Waals surface area contributed by atoms with Crippen LogP contribution in [0.2, 0.25) is 0 Å². The van der Waals surface area contributed by atoms with Gasteiger partial charge in [-0.05, 0) is 57.2 Å². The van der Waals surface area contributed by atoms with E-state index in [9.17, 15) is 14.9 Å². The van der Waals surface area contributed by atoms with Gasteiger partial charge in [0.15, 0.2) is 0 Å². The number of likely N-dealkylation sites (N-methyl/N-ethyl adjacent to an activating group) is 1. The van der Waals surface area contributed by atoms with E-state index >= 15 is 0 Å². The lowest BCUT2D eigenvalue weighted by atomic mass is 10.0. The molecule has 1 saturated heterocycles. The number of amides is 1. The normalized spacial score (nSPS) is 15.8. The van der Waals surface area contributed by atoms with Gasteiger partial charge in [0, 0.05) is 25.0 Å². The van der Waals surface area contributed by atoms with Gasteiger partial charge in [-0.2, -0.15) is 5.26 Å². The summed E-state index contributed by atoms with van der Waals surface area (Å²) in [5.74, 6) is -0.708. The van der Waals surface area contributed by atoms with Crippen molar-refractivity contribution in [2.24, 2.45) is 0 Å². The van der Waals surface area contributed by atoms with Crippen molar-refractivity contribution < 1.29 is 14.3 Å². The summed E-state index contributed by atoms with van der Waals surface area (Å²) in [4.78, 5) is 27.9. The van der Waals surface area contributed by atoms with Crippen molar-refractivity contribution in [3.63, 3.8) is 0 Å². The summed E-state index contributed by atoms with van der Waals surface area (Å²) in [6.45, 7) is 1.89. The number of ether oxygens (including phenoxy) is 1. The Labute approximate surface area is 153 Å². The van der Waals surface area contributed by atoms with Crippen LogP contribution in [0.5, 0.6) is 0 Å². The number of esters is 1. The smallest absolute Gasteiger partial charge is 0.337 e. The Kier molecular flexibility index (Phi) is 6.75. The quantitative estimate of drug-likeness (QED) is 0.492. The van der Waals surface area contributed by atoms with E-state index in [1.807, 2.05) is 6.07 Å². The van der Waals surface area contributed by atoms with Crippen molar-refractivity contribution in [1.29, 1.82) is 5.26 Å². The summed E-state index contributed by atoms with van der Waals surface area (Å²) in [5, 5.41) is 12.3. The van der Waals surface area contributed by atoms with Crippen LogP contribution in [0.25, 0.3) is 0 Å². The van der Waals surface area contributed by atoms with Crippen molar-refractivity contribution in [3.05, 3.63) is 41.6 Å². The van der Waals surface area contributed by atoms with Crippen LogP contribution in [-0.4, -0.2) is 62.0 Å². The molecule has 1 aliphatic rings. The van der Waals surface area contributed by atoms with E-state index in [2.05, 4.69) is 22.0 Å².